The molecule has 4 rings (SSSR count). The first-order valence-corrected chi connectivity index (χ1v) is 8.79. The summed E-state index contributed by atoms with van der Waals surface area (Å²) in [7, 11) is 0. The topological polar surface area (TPSA) is 45.2 Å². The van der Waals surface area contributed by atoms with E-state index in [1.165, 1.54) is 6.07 Å². The number of aromatic nitrogens is 1. The van der Waals surface area contributed by atoms with E-state index in [2.05, 4.69) is 10.3 Å². The van der Waals surface area contributed by atoms with Crippen LogP contribution in [0.3, 0.4) is 0 Å². The molecule has 1 amide bonds. The molecule has 1 aromatic heterocycles. The van der Waals surface area contributed by atoms with Crippen LogP contribution in [0, 0.1) is 12.7 Å². The Balaban J connectivity index is 1.56. The van der Waals surface area contributed by atoms with Gasteiger partial charge in [-0.15, -0.1) is 0 Å². The van der Waals surface area contributed by atoms with Gasteiger partial charge in [0.25, 0.3) is 0 Å². The maximum absolute atomic E-state index is 13.9. The third-order valence-corrected chi connectivity index (χ3v) is 5.40. The maximum Gasteiger partial charge on any atom is 0.237 e. The van der Waals surface area contributed by atoms with Gasteiger partial charge in [0.2, 0.25) is 5.91 Å². The molecule has 0 radical (unpaired) electrons. The minimum atomic E-state index is -0.342. The number of fused-ring (bicyclic) bond motifs is 2. The number of nitrogens with one attached hydrogen (secondary N) is 1. The van der Waals surface area contributed by atoms with Crippen LogP contribution in [0.1, 0.15) is 30.9 Å². The largest absolute Gasteiger partial charge is 0.380 e. The van der Waals surface area contributed by atoms with E-state index in [4.69, 9.17) is 11.6 Å². The van der Waals surface area contributed by atoms with E-state index in [9.17, 15) is 9.18 Å². The highest BCUT2D eigenvalue weighted by molar-refractivity contribution is 6.30. The summed E-state index contributed by atoms with van der Waals surface area (Å²) in [6.07, 6.45) is 5.31. The first-order chi connectivity index (χ1) is 11.9. The second kappa shape index (κ2) is 5.70. The van der Waals surface area contributed by atoms with Crippen molar-refractivity contribution < 1.29 is 9.18 Å². The molecule has 2 heterocycles. The Morgan fingerprint density at radius 1 is 1.44 bits per heavy atom. The summed E-state index contributed by atoms with van der Waals surface area (Å²) >= 11 is 5.96. The summed E-state index contributed by atoms with van der Waals surface area (Å²) in [5.74, 6) is -0.191. The van der Waals surface area contributed by atoms with Gasteiger partial charge >= 0.3 is 0 Å². The fraction of sp³-hybridized carbons (Fsp3) is 0.368. The molecule has 1 N–H and O–H groups in total. The van der Waals surface area contributed by atoms with Crippen LogP contribution in [0.4, 0.5) is 15.8 Å². The van der Waals surface area contributed by atoms with Crippen molar-refractivity contribution in [2.24, 2.45) is 0 Å². The predicted octanol–water partition coefficient (Wildman–Crippen LogP) is 4.06. The lowest BCUT2D eigenvalue weighted by Crippen LogP contribution is -2.39. The highest BCUT2D eigenvalue weighted by atomic mass is 35.5. The van der Waals surface area contributed by atoms with Gasteiger partial charge in [0.15, 0.2) is 0 Å². The van der Waals surface area contributed by atoms with Crippen LogP contribution in [0.25, 0.3) is 0 Å². The zero-order valence-corrected chi connectivity index (χ0v) is 14.9. The zero-order chi connectivity index (χ0) is 17.8. The highest BCUT2D eigenvalue weighted by Gasteiger charge is 2.59. The van der Waals surface area contributed by atoms with E-state index in [1.807, 2.05) is 17.9 Å². The maximum atomic E-state index is 13.9. The van der Waals surface area contributed by atoms with Crippen molar-refractivity contribution >= 4 is 28.9 Å². The Morgan fingerprint density at radius 3 is 2.92 bits per heavy atom. The quantitative estimate of drug-likeness (QED) is 0.895. The number of hydrogen-bond donors (Lipinski definition) is 1. The van der Waals surface area contributed by atoms with Crippen molar-refractivity contribution in [2.75, 3.05) is 16.8 Å². The lowest BCUT2D eigenvalue weighted by atomic mass is 9.99. The number of amides is 1. The average Bonchev–Trinajstić information content (AvgIpc) is 3.34. The molecule has 1 aromatic carbocycles. The molecule has 1 fully saturated rings. The summed E-state index contributed by atoms with van der Waals surface area (Å²) in [5, 5.41) is 3.63. The number of carbonyl (C=O) groups excluding carboxylic acids is 1. The number of rotatable bonds is 4. The SMILES string of the molecule is Cc1c(F)cc(Cl)cc1NC(C)CN1C(=O)C2(CC2)c2ccncc21. The van der Waals surface area contributed by atoms with Crippen LogP contribution in [0.15, 0.2) is 30.6 Å². The van der Waals surface area contributed by atoms with Gasteiger partial charge in [-0.3, -0.25) is 9.78 Å². The molecule has 1 aliphatic heterocycles. The molecule has 0 saturated heterocycles. The van der Waals surface area contributed by atoms with Gasteiger partial charge in [-0.05, 0) is 50.5 Å². The molecular formula is C19H19ClFN3O. The minimum absolute atomic E-state index is 0.0672. The molecule has 6 heteroatoms. The number of carbonyl (C=O) groups is 1. The Bertz CT molecular complexity index is 866. The summed E-state index contributed by atoms with van der Waals surface area (Å²) in [6.45, 7) is 4.17. The van der Waals surface area contributed by atoms with Gasteiger partial charge in [-0.1, -0.05) is 11.6 Å². The van der Waals surface area contributed by atoms with E-state index in [0.29, 0.717) is 22.8 Å². The van der Waals surface area contributed by atoms with Crippen LogP contribution in [0.5, 0.6) is 0 Å². The zero-order valence-electron chi connectivity index (χ0n) is 14.1. The second-order valence-corrected chi connectivity index (χ2v) is 7.43. The number of halogens is 2. The molecule has 4 nitrogen and oxygen atoms in total. The second-order valence-electron chi connectivity index (χ2n) is 7.00. The van der Waals surface area contributed by atoms with Crippen molar-refractivity contribution in [1.29, 1.82) is 0 Å². The lowest BCUT2D eigenvalue weighted by Gasteiger charge is -2.24. The van der Waals surface area contributed by atoms with Crippen LogP contribution in [-0.2, 0) is 10.2 Å². The van der Waals surface area contributed by atoms with E-state index in [1.54, 1.807) is 25.4 Å². The van der Waals surface area contributed by atoms with Gasteiger partial charge in [0.05, 0.1) is 17.3 Å². The van der Waals surface area contributed by atoms with Crippen LogP contribution < -0.4 is 10.2 Å². The van der Waals surface area contributed by atoms with E-state index < -0.39 is 0 Å². The molecule has 1 atom stereocenters. The number of anilines is 2. The average molecular weight is 360 g/mol. The fourth-order valence-corrected chi connectivity index (χ4v) is 3.86. The summed E-state index contributed by atoms with van der Waals surface area (Å²) < 4.78 is 13.9. The summed E-state index contributed by atoms with van der Waals surface area (Å²) in [6, 6.07) is 4.90. The summed E-state index contributed by atoms with van der Waals surface area (Å²) in [4.78, 5) is 18.9. The van der Waals surface area contributed by atoms with Crippen molar-refractivity contribution in [3.63, 3.8) is 0 Å². The van der Waals surface area contributed by atoms with Crippen molar-refractivity contribution in [3.05, 3.63) is 52.6 Å². The van der Waals surface area contributed by atoms with E-state index >= 15 is 0 Å². The predicted molar refractivity (Wildman–Crippen MR) is 96.7 cm³/mol. The standard InChI is InChI=1S/C19H19ClFN3O/c1-11(23-16-8-13(20)7-15(21)12(16)2)10-24-17-9-22-6-3-14(17)19(4-5-19)18(24)25/h3,6-9,11,23H,4-5,10H2,1-2H3. The normalized spacial score (nSPS) is 18.4. The Kier molecular flexibility index (Phi) is 3.72. The van der Waals surface area contributed by atoms with Crippen LogP contribution in [0.2, 0.25) is 5.02 Å². The molecule has 1 aliphatic carbocycles. The molecule has 130 valence electrons. The van der Waals surface area contributed by atoms with E-state index in [-0.39, 0.29) is 23.2 Å². The number of nitrogens with zero attached hydrogens (tertiary/aromatic N) is 2. The fourth-order valence-electron chi connectivity index (χ4n) is 3.66. The highest BCUT2D eigenvalue weighted by Crippen LogP contribution is 2.57. The third-order valence-electron chi connectivity index (χ3n) is 5.18. The van der Waals surface area contributed by atoms with Gasteiger partial charge in [-0.25, -0.2) is 4.39 Å². The van der Waals surface area contributed by atoms with E-state index in [0.717, 1.165) is 24.1 Å². The van der Waals surface area contributed by atoms with Crippen LogP contribution in [-0.4, -0.2) is 23.5 Å². The molecule has 0 bridgehead atoms. The van der Waals surface area contributed by atoms with Crippen LogP contribution >= 0.6 is 11.6 Å². The van der Waals surface area contributed by atoms with Gasteiger partial charge < -0.3 is 10.2 Å². The number of pyridine rings is 1. The smallest absolute Gasteiger partial charge is 0.237 e. The van der Waals surface area contributed by atoms with Crippen molar-refractivity contribution in [1.82, 2.24) is 4.98 Å². The Morgan fingerprint density at radius 2 is 2.20 bits per heavy atom. The van der Waals surface area contributed by atoms with Crippen molar-refractivity contribution in [3.8, 4) is 0 Å². The first-order valence-electron chi connectivity index (χ1n) is 8.41. The summed E-state index contributed by atoms with van der Waals surface area (Å²) in [5.41, 5.74) is 2.83. The van der Waals surface area contributed by atoms with Gasteiger partial charge in [0, 0.05) is 35.1 Å². The minimum Gasteiger partial charge on any atom is -0.380 e. The molecule has 1 spiro atoms. The molecule has 25 heavy (non-hydrogen) atoms. The first kappa shape index (κ1) is 16.3. The van der Waals surface area contributed by atoms with Crippen molar-refractivity contribution in [2.45, 2.75) is 38.1 Å². The van der Waals surface area contributed by atoms with Gasteiger partial charge in [0.1, 0.15) is 5.82 Å². The lowest BCUT2D eigenvalue weighted by molar-refractivity contribution is -0.120. The molecule has 2 aliphatic rings. The number of hydrogen-bond acceptors (Lipinski definition) is 3. The Hall–Kier alpha value is -2.14. The molecule has 1 saturated carbocycles. The number of benzene rings is 1. The molecular weight excluding hydrogens is 341 g/mol. The van der Waals surface area contributed by atoms with Gasteiger partial charge in [-0.2, -0.15) is 0 Å². The molecule has 2 aromatic rings. The monoisotopic (exact) mass is 359 g/mol. The molecule has 1 unspecified atom stereocenters. The Labute approximate surface area is 151 Å². The third kappa shape index (κ3) is 2.58.